The Hall–Kier alpha value is -0.640. The van der Waals surface area contributed by atoms with Gasteiger partial charge in [0, 0.05) is 0 Å². The van der Waals surface area contributed by atoms with E-state index in [9.17, 15) is 9.59 Å². The molecule has 0 fully saturated rings. The van der Waals surface area contributed by atoms with Crippen LogP contribution in [-0.4, -0.2) is 47.3 Å². The molecule has 0 rings (SSSR count). The van der Waals surface area contributed by atoms with Gasteiger partial charge in [0.1, 0.15) is 12.1 Å². The van der Waals surface area contributed by atoms with Gasteiger partial charge in [-0.2, -0.15) is 0 Å². The van der Waals surface area contributed by atoms with Crippen molar-refractivity contribution in [2.75, 3.05) is 13.1 Å². The number of carboxylic acids is 2. The molecule has 0 aromatic carbocycles. The van der Waals surface area contributed by atoms with Crippen molar-refractivity contribution >= 4 is 11.9 Å². The third-order valence-corrected chi connectivity index (χ3v) is 2.57. The summed E-state index contributed by atoms with van der Waals surface area (Å²) in [7, 11) is 0. The molecule has 8 nitrogen and oxygen atoms in total. The monoisotopic (exact) mass is 364 g/mol. The largest absolute Gasteiger partial charge is 1.00 e. The highest BCUT2D eigenvalue weighted by Crippen LogP contribution is 1.97. The predicted molar refractivity (Wildman–Crippen MR) is 79.3 cm³/mol. The third-order valence-electron chi connectivity index (χ3n) is 2.57. The number of unbranched alkanes of at least 4 members (excludes halogenated alkanes) is 2. The lowest BCUT2D eigenvalue weighted by atomic mass is 10.1. The number of hydrogen-bond donors (Lipinski definition) is 6. The van der Waals surface area contributed by atoms with Crippen LogP contribution in [0.2, 0.25) is 0 Å². The van der Waals surface area contributed by atoms with E-state index in [2.05, 4.69) is 0 Å². The molecule has 0 aliphatic heterocycles. The fourth-order valence-corrected chi connectivity index (χ4v) is 1.26. The topological polar surface area (TPSA) is 179 Å². The van der Waals surface area contributed by atoms with Crippen LogP contribution >= 0.6 is 0 Å². The average Bonchev–Trinajstić information content (AvgIpc) is 2.39. The van der Waals surface area contributed by atoms with Crippen molar-refractivity contribution in [2.45, 2.75) is 50.6 Å². The SMILES string of the molecule is NCCCC[C@@H](N)C(=O)O.NCCCC[C@H](N)C(=O)O.[Cl-].[Cl-].[H+].[H+]. The second-order valence-electron chi connectivity index (χ2n) is 4.46. The van der Waals surface area contributed by atoms with Crippen molar-refractivity contribution in [2.24, 2.45) is 22.9 Å². The average molecular weight is 365 g/mol. The van der Waals surface area contributed by atoms with E-state index in [4.69, 9.17) is 33.1 Å². The molecule has 10 heteroatoms. The molecule has 10 N–H and O–H groups in total. The van der Waals surface area contributed by atoms with E-state index in [1.165, 1.54) is 0 Å². The summed E-state index contributed by atoms with van der Waals surface area (Å²) in [5, 5.41) is 16.7. The molecule has 0 saturated heterocycles. The molecule has 0 heterocycles. The molecule has 0 unspecified atom stereocenters. The number of carboxylic acid groups (broad SMARTS) is 2. The normalized spacial score (nSPS) is 11.8. The van der Waals surface area contributed by atoms with Gasteiger partial charge < -0.3 is 58.0 Å². The van der Waals surface area contributed by atoms with Crippen LogP contribution < -0.4 is 47.7 Å². The minimum Gasteiger partial charge on any atom is -1.00 e. The van der Waals surface area contributed by atoms with Crippen LogP contribution in [0.15, 0.2) is 0 Å². The second-order valence-corrected chi connectivity index (χ2v) is 4.46. The lowest BCUT2D eigenvalue weighted by Gasteiger charge is -2.03. The molecule has 0 bridgehead atoms. The van der Waals surface area contributed by atoms with E-state index in [1.807, 2.05) is 0 Å². The zero-order chi connectivity index (χ0) is 16.0. The number of nitrogens with two attached hydrogens (primary N) is 4. The van der Waals surface area contributed by atoms with E-state index in [1.54, 1.807) is 0 Å². The first kappa shape index (κ1) is 29.4. The molecule has 0 spiro atoms. The molecule has 0 aromatic heterocycles. The van der Waals surface area contributed by atoms with Crippen LogP contribution in [0.5, 0.6) is 0 Å². The Labute approximate surface area is 146 Å². The number of hydrogen-bond acceptors (Lipinski definition) is 6. The number of rotatable bonds is 10. The highest BCUT2D eigenvalue weighted by atomic mass is 35.5. The molecule has 0 aromatic rings. The molecule has 0 aliphatic rings. The van der Waals surface area contributed by atoms with Crippen LogP contribution in [0.4, 0.5) is 0 Å². The Morgan fingerprint density at radius 3 is 1.23 bits per heavy atom. The minimum absolute atomic E-state index is 0. The number of aliphatic carboxylic acids is 2. The summed E-state index contributed by atoms with van der Waals surface area (Å²) in [6.45, 7) is 1.21. The Morgan fingerprint density at radius 2 is 1.05 bits per heavy atom. The smallest absolute Gasteiger partial charge is 1.00 e. The van der Waals surface area contributed by atoms with Crippen LogP contribution in [0.25, 0.3) is 0 Å². The van der Waals surface area contributed by atoms with Crippen molar-refractivity contribution < 1.29 is 47.5 Å². The number of carbonyl (C=O) groups is 2. The quantitative estimate of drug-likeness (QED) is 0.207. The Kier molecular flexibility index (Phi) is 27.2. The summed E-state index contributed by atoms with van der Waals surface area (Å²) in [4.78, 5) is 20.3. The summed E-state index contributed by atoms with van der Waals surface area (Å²) in [6, 6.07) is -1.43. The molecular formula is C12H30Cl2N4O4. The molecule has 0 radical (unpaired) electrons. The van der Waals surface area contributed by atoms with Crippen LogP contribution in [0.3, 0.4) is 0 Å². The van der Waals surface area contributed by atoms with Gasteiger partial charge in [-0.05, 0) is 38.8 Å². The zero-order valence-corrected chi connectivity index (χ0v) is 14.1. The Bertz CT molecular complexity index is 257. The molecule has 22 heavy (non-hydrogen) atoms. The summed E-state index contributed by atoms with van der Waals surface area (Å²) in [5.41, 5.74) is 20.8. The lowest BCUT2D eigenvalue weighted by molar-refractivity contribution is -0.139. The molecule has 136 valence electrons. The number of halogens is 2. The maximum atomic E-state index is 10.1. The Balaban J connectivity index is -0.0000000579. The van der Waals surface area contributed by atoms with Gasteiger partial charge in [0.05, 0.1) is 0 Å². The van der Waals surface area contributed by atoms with Crippen LogP contribution in [-0.2, 0) is 9.59 Å². The van der Waals surface area contributed by atoms with E-state index in [0.29, 0.717) is 25.9 Å². The van der Waals surface area contributed by atoms with Gasteiger partial charge in [-0.3, -0.25) is 9.59 Å². The predicted octanol–water partition coefficient (Wildman–Crippen LogP) is -6.71. The standard InChI is InChI=1S/2C6H14N2O2.2ClH/c2*7-4-2-1-3-5(8)6(9)10;;/h2*5H,1-4,7-8H2,(H,9,10);2*1H/t2*5-;;/m10../s1. The van der Waals surface area contributed by atoms with Crippen LogP contribution in [0.1, 0.15) is 41.4 Å². The van der Waals surface area contributed by atoms with Crippen molar-refractivity contribution in [3.05, 3.63) is 0 Å². The summed E-state index contributed by atoms with van der Waals surface area (Å²) in [6.07, 6.45) is 4.33. The minimum atomic E-state index is -0.933. The molecule has 0 saturated carbocycles. The van der Waals surface area contributed by atoms with Gasteiger partial charge in [-0.1, -0.05) is 12.8 Å². The highest BCUT2D eigenvalue weighted by molar-refractivity contribution is 5.73. The summed E-state index contributed by atoms with van der Waals surface area (Å²) >= 11 is 0. The second kappa shape index (κ2) is 20.4. The van der Waals surface area contributed by atoms with Gasteiger partial charge in [-0.15, -0.1) is 0 Å². The van der Waals surface area contributed by atoms with Crippen molar-refractivity contribution in [1.82, 2.24) is 0 Å². The molecule has 0 aliphatic carbocycles. The maximum absolute atomic E-state index is 10.1. The fraction of sp³-hybridized carbons (Fsp3) is 0.833. The van der Waals surface area contributed by atoms with Crippen molar-refractivity contribution in [3.8, 4) is 0 Å². The van der Waals surface area contributed by atoms with Crippen molar-refractivity contribution in [1.29, 1.82) is 0 Å². The van der Waals surface area contributed by atoms with Gasteiger partial charge in [-0.25, -0.2) is 0 Å². The third kappa shape index (κ3) is 21.7. The van der Waals surface area contributed by atoms with E-state index in [0.717, 1.165) is 25.7 Å². The summed E-state index contributed by atoms with van der Waals surface area (Å²) in [5.74, 6) is -1.87. The first-order chi connectivity index (χ1) is 9.36. The zero-order valence-electron chi connectivity index (χ0n) is 14.6. The van der Waals surface area contributed by atoms with Gasteiger partial charge >= 0.3 is 14.8 Å². The Morgan fingerprint density at radius 1 is 0.773 bits per heavy atom. The highest BCUT2D eigenvalue weighted by Gasteiger charge is 2.09. The van der Waals surface area contributed by atoms with E-state index >= 15 is 0 Å². The maximum Gasteiger partial charge on any atom is 1.00 e. The van der Waals surface area contributed by atoms with E-state index in [-0.39, 0.29) is 27.7 Å². The molecule has 2 atom stereocenters. The first-order valence-electron chi connectivity index (χ1n) is 6.73. The van der Waals surface area contributed by atoms with E-state index < -0.39 is 24.0 Å². The fourth-order valence-electron chi connectivity index (χ4n) is 1.26. The van der Waals surface area contributed by atoms with Gasteiger partial charge in [0.15, 0.2) is 0 Å². The van der Waals surface area contributed by atoms with Gasteiger partial charge in [0.2, 0.25) is 0 Å². The molecule has 0 amide bonds. The van der Waals surface area contributed by atoms with Crippen LogP contribution in [0, 0.1) is 0 Å². The van der Waals surface area contributed by atoms with Gasteiger partial charge in [0.25, 0.3) is 0 Å². The molecular weight excluding hydrogens is 335 g/mol. The van der Waals surface area contributed by atoms with Crippen molar-refractivity contribution in [3.63, 3.8) is 0 Å². The summed E-state index contributed by atoms with van der Waals surface area (Å²) < 4.78 is 0. The lowest BCUT2D eigenvalue weighted by Crippen LogP contribution is -3.00. The first-order valence-corrected chi connectivity index (χ1v) is 6.73.